The molecule has 6 heteroatoms. The molecule has 0 aliphatic heterocycles. The number of fused-ring (bicyclic) bond motifs is 3. The second kappa shape index (κ2) is 9.16. The Morgan fingerprint density at radius 1 is 0.944 bits per heavy atom. The smallest absolute Gasteiger partial charge is 0.419 e. The average Bonchev–Trinajstić information content (AvgIpc) is 3.13. The zero-order valence-corrected chi connectivity index (χ0v) is 24.0. The fraction of sp³-hybridized carbons (Fsp3) is 0.400. The number of hydrogen-bond acceptors (Lipinski definition) is 4. The standard InChI is InChI=1S/C30H38N2O3Si/c1-20-27-25(22-17-13-14-18-24(22)32(27)28(33)35-29(2,3)4)23(19-34-36(8,9)30(5,6)7)26(31-20)21-15-11-10-12-16-21/h10-18H,19H2,1-9H3. The Hall–Kier alpha value is -2.96. The van der Waals surface area contributed by atoms with Crippen LogP contribution in [-0.2, 0) is 15.8 Å². The molecule has 0 aliphatic carbocycles. The first-order chi connectivity index (χ1) is 16.7. The SMILES string of the molecule is Cc1nc(-c2ccccc2)c(CO[Si](C)(C)C(C)(C)C)c2c3ccccc3n(C(=O)OC(C)(C)C)c12. The van der Waals surface area contributed by atoms with Crippen LogP contribution in [0.4, 0.5) is 4.79 Å². The number of carbonyl (C=O) groups is 1. The first-order valence-corrected chi connectivity index (χ1v) is 15.5. The maximum absolute atomic E-state index is 13.5. The molecule has 2 heterocycles. The third-order valence-electron chi connectivity index (χ3n) is 7.09. The van der Waals surface area contributed by atoms with E-state index in [4.69, 9.17) is 14.1 Å². The Balaban J connectivity index is 2.06. The van der Waals surface area contributed by atoms with E-state index in [1.54, 1.807) is 4.57 Å². The molecule has 4 aromatic rings. The largest absolute Gasteiger partial charge is 0.443 e. The molecule has 0 radical (unpaired) electrons. The summed E-state index contributed by atoms with van der Waals surface area (Å²) >= 11 is 0. The van der Waals surface area contributed by atoms with Crippen molar-refractivity contribution < 1.29 is 14.0 Å². The fourth-order valence-electron chi connectivity index (χ4n) is 4.24. The number of aromatic nitrogens is 2. The van der Waals surface area contributed by atoms with Crippen molar-refractivity contribution in [2.45, 2.75) is 78.8 Å². The maximum Gasteiger partial charge on any atom is 0.419 e. The molecule has 0 amide bonds. The Labute approximate surface area is 215 Å². The number of aryl methyl sites for hydroxylation is 1. The van der Waals surface area contributed by atoms with E-state index in [-0.39, 0.29) is 5.04 Å². The van der Waals surface area contributed by atoms with Gasteiger partial charge >= 0.3 is 6.09 Å². The minimum Gasteiger partial charge on any atom is -0.443 e. The number of pyridine rings is 1. The molecule has 36 heavy (non-hydrogen) atoms. The highest BCUT2D eigenvalue weighted by Gasteiger charge is 2.38. The molecule has 2 aromatic carbocycles. The van der Waals surface area contributed by atoms with E-state index in [9.17, 15) is 4.79 Å². The van der Waals surface area contributed by atoms with Crippen LogP contribution >= 0.6 is 0 Å². The zero-order valence-electron chi connectivity index (χ0n) is 23.0. The van der Waals surface area contributed by atoms with Crippen molar-refractivity contribution in [3.05, 3.63) is 65.9 Å². The van der Waals surface area contributed by atoms with E-state index < -0.39 is 20.0 Å². The topological polar surface area (TPSA) is 53.4 Å². The Morgan fingerprint density at radius 3 is 2.17 bits per heavy atom. The summed E-state index contributed by atoms with van der Waals surface area (Å²) in [4.78, 5) is 18.6. The molecule has 190 valence electrons. The molecule has 2 aromatic heterocycles. The molecule has 0 aliphatic rings. The first-order valence-electron chi connectivity index (χ1n) is 12.6. The van der Waals surface area contributed by atoms with Crippen LogP contribution in [0.1, 0.15) is 52.8 Å². The van der Waals surface area contributed by atoms with Crippen molar-refractivity contribution in [1.29, 1.82) is 0 Å². The summed E-state index contributed by atoms with van der Waals surface area (Å²) in [6.07, 6.45) is -0.401. The molecule has 0 atom stereocenters. The molecule has 0 bridgehead atoms. The predicted octanol–water partition coefficient (Wildman–Crippen LogP) is 8.47. The van der Waals surface area contributed by atoms with Crippen LogP contribution in [0.25, 0.3) is 33.1 Å². The summed E-state index contributed by atoms with van der Waals surface area (Å²) in [5.41, 5.74) is 4.68. The number of hydrogen-bond donors (Lipinski definition) is 0. The van der Waals surface area contributed by atoms with Gasteiger partial charge in [-0.3, -0.25) is 4.98 Å². The number of rotatable bonds is 4. The molecule has 0 saturated carbocycles. The maximum atomic E-state index is 13.5. The van der Waals surface area contributed by atoms with Gasteiger partial charge in [0, 0.05) is 21.9 Å². The summed E-state index contributed by atoms with van der Waals surface area (Å²) in [5, 5.41) is 2.07. The average molecular weight is 503 g/mol. The highest BCUT2D eigenvalue weighted by atomic mass is 28.4. The minimum atomic E-state index is -2.05. The highest BCUT2D eigenvalue weighted by Crippen LogP contribution is 2.41. The van der Waals surface area contributed by atoms with Crippen molar-refractivity contribution in [1.82, 2.24) is 9.55 Å². The Kier molecular flexibility index (Phi) is 6.65. The summed E-state index contributed by atoms with van der Waals surface area (Å²) < 4.78 is 14.3. The molecule has 0 N–H and O–H groups in total. The third-order valence-corrected chi connectivity index (χ3v) is 11.6. The van der Waals surface area contributed by atoms with Crippen LogP contribution in [0.3, 0.4) is 0 Å². The number of para-hydroxylation sites is 1. The van der Waals surface area contributed by atoms with Crippen molar-refractivity contribution in [3.8, 4) is 11.3 Å². The van der Waals surface area contributed by atoms with E-state index in [0.29, 0.717) is 6.61 Å². The summed E-state index contributed by atoms with van der Waals surface area (Å²) in [6.45, 7) is 19.3. The molecular weight excluding hydrogens is 464 g/mol. The molecule has 0 spiro atoms. The molecule has 4 rings (SSSR count). The Morgan fingerprint density at radius 2 is 1.56 bits per heavy atom. The second-order valence-corrected chi connectivity index (χ2v) is 16.8. The van der Waals surface area contributed by atoms with E-state index in [1.807, 2.05) is 64.1 Å². The van der Waals surface area contributed by atoms with Crippen LogP contribution < -0.4 is 0 Å². The molecular formula is C30H38N2O3Si. The summed E-state index contributed by atoms with van der Waals surface area (Å²) in [7, 11) is -2.05. The van der Waals surface area contributed by atoms with Gasteiger partial charge in [-0.05, 0) is 51.9 Å². The van der Waals surface area contributed by atoms with Crippen LogP contribution in [0.15, 0.2) is 54.6 Å². The molecule has 0 unspecified atom stereocenters. The van der Waals surface area contributed by atoms with E-state index in [0.717, 1.165) is 44.3 Å². The first kappa shape index (κ1) is 26.1. The van der Waals surface area contributed by atoms with Crippen molar-refractivity contribution >= 4 is 36.2 Å². The van der Waals surface area contributed by atoms with Crippen molar-refractivity contribution in [3.63, 3.8) is 0 Å². The van der Waals surface area contributed by atoms with Crippen LogP contribution in [0.2, 0.25) is 18.1 Å². The van der Waals surface area contributed by atoms with Gasteiger partial charge < -0.3 is 9.16 Å². The van der Waals surface area contributed by atoms with E-state index in [2.05, 4.69) is 52.1 Å². The van der Waals surface area contributed by atoms with Gasteiger partial charge in [0.1, 0.15) is 5.60 Å². The monoisotopic (exact) mass is 502 g/mol. The number of nitrogens with zero attached hydrogens (tertiary/aromatic N) is 2. The number of benzene rings is 2. The Bertz CT molecular complexity index is 1420. The van der Waals surface area contributed by atoms with Gasteiger partial charge in [-0.15, -0.1) is 0 Å². The normalized spacial score (nSPS) is 12.9. The van der Waals surface area contributed by atoms with Crippen LogP contribution in [0, 0.1) is 6.92 Å². The molecule has 0 fully saturated rings. The molecule has 5 nitrogen and oxygen atoms in total. The lowest BCUT2D eigenvalue weighted by Gasteiger charge is -2.36. The predicted molar refractivity (Wildman–Crippen MR) is 151 cm³/mol. The van der Waals surface area contributed by atoms with Crippen LogP contribution in [-0.4, -0.2) is 29.6 Å². The second-order valence-electron chi connectivity index (χ2n) is 12.0. The van der Waals surface area contributed by atoms with Gasteiger partial charge in [-0.2, -0.15) is 0 Å². The lowest BCUT2D eigenvalue weighted by Crippen LogP contribution is -2.40. The lowest BCUT2D eigenvalue weighted by atomic mass is 10.00. The summed E-state index contributed by atoms with van der Waals surface area (Å²) in [6, 6.07) is 18.2. The minimum absolute atomic E-state index is 0.0711. The number of carbonyl (C=O) groups excluding carboxylic acids is 1. The van der Waals surface area contributed by atoms with Crippen molar-refractivity contribution in [2.75, 3.05) is 0 Å². The van der Waals surface area contributed by atoms with Gasteiger partial charge in [-0.25, -0.2) is 9.36 Å². The van der Waals surface area contributed by atoms with Gasteiger partial charge in [0.15, 0.2) is 8.32 Å². The van der Waals surface area contributed by atoms with Gasteiger partial charge in [0.25, 0.3) is 0 Å². The van der Waals surface area contributed by atoms with E-state index >= 15 is 0 Å². The zero-order chi connectivity index (χ0) is 26.5. The van der Waals surface area contributed by atoms with Gasteiger partial charge in [0.2, 0.25) is 0 Å². The quantitative estimate of drug-likeness (QED) is 0.263. The number of ether oxygens (including phenoxy) is 1. The highest BCUT2D eigenvalue weighted by molar-refractivity contribution is 6.74. The fourth-order valence-corrected chi connectivity index (χ4v) is 5.17. The third kappa shape index (κ3) is 4.84. The van der Waals surface area contributed by atoms with Gasteiger partial charge in [0.05, 0.1) is 29.0 Å². The van der Waals surface area contributed by atoms with E-state index in [1.165, 1.54) is 0 Å². The summed E-state index contributed by atoms with van der Waals surface area (Å²) in [5.74, 6) is 0. The van der Waals surface area contributed by atoms with Gasteiger partial charge in [-0.1, -0.05) is 69.3 Å². The lowest BCUT2D eigenvalue weighted by molar-refractivity contribution is 0.0551. The van der Waals surface area contributed by atoms with Crippen molar-refractivity contribution in [2.24, 2.45) is 0 Å². The van der Waals surface area contributed by atoms with Crippen LogP contribution in [0.5, 0.6) is 0 Å². The molecule has 0 saturated heterocycles.